The van der Waals surface area contributed by atoms with Crippen LogP contribution in [-0.4, -0.2) is 10.2 Å². The van der Waals surface area contributed by atoms with E-state index in [1.807, 2.05) is 6.92 Å². The fourth-order valence-electron chi connectivity index (χ4n) is 1.89. The molecule has 0 saturated heterocycles. The standard InChI is InChI=1S/C15H16FNO2/c1-10(12-4-2-3-5-13(12)16)17-9-11-6-7-14(18)15(19)8-11/h2-8,10,17-19H,9H2,1H3/t10-/m1/s1. The Bertz CT molecular complexity index is 572. The Labute approximate surface area is 111 Å². The largest absolute Gasteiger partial charge is 0.504 e. The third-order valence-electron chi connectivity index (χ3n) is 3.02. The molecule has 0 radical (unpaired) electrons. The van der Waals surface area contributed by atoms with Crippen molar-refractivity contribution in [3.8, 4) is 11.5 Å². The molecule has 0 spiro atoms. The molecular weight excluding hydrogens is 245 g/mol. The normalized spacial score (nSPS) is 12.3. The minimum absolute atomic E-state index is 0.142. The molecule has 100 valence electrons. The van der Waals surface area contributed by atoms with Gasteiger partial charge in [-0.2, -0.15) is 0 Å². The first-order chi connectivity index (χ1) is 9.08. The molecule has 0 saturated carbocycles. The molecule has 0 aromatic heterocycles. The Morgan fingerprint density at radius 3 is 2.53 bits per heavy atom. The molecule has 2 aromatic rings. The molecule has 2 aromatic carbocycles. The van der Waals surface area contributed by atoms with Gasteiger partial charge in [0.25, 0.3) is 0 Å². The second-order valence-corrected chi connectivity index (χ2v) is 4.45. The summed E-state index contributed by atoms with van der Waals surface area (Å²) in [4.78, 5) is 0. The van der Waals surface area contributed by atoms with Crippen molar-refractivity contribution < 1.29 is 14.6 Å². The number of rotatable bonds is 4. The zero-order valence-electron chi connectivity index (χ0n) is 10.6. The molecule has 0 unspecified atom stereocenters. The SMILES string of the molecule is C[C@@H](NCc1ccc(O)c(O)c1)c1ccccc1F. The van der Waals surface area contributed by atoms with E-state index in [0.29, 0.717) is 12.1 Å². The number of aromatic hydroxyl groups is 2. The summed E-state index contributed by atoms with van der Waals surface area (Å²) in [7, 11) is 0. The van der Waals surface area contributed by atoms with Crippen molar-refractivity contribution in [3.05, 3.63) is 59.4 Å². The van der Waals surface area contributed by atoms with Crippen molar-refractivity contribution in [2.24, 2.45) is 0 Å². The molecule has 1 atom stereocenters. The van der Waals surface area contributed by atoms with Gasteiger partial charge in [0.1, 0.15) is 5.82 Å². The summed E-state index contributed by atoms with van der Waals surface area (Å²) in [6, 6.07) is 11.1. The quantitative estimate of drug-likeness (QED) is 0.741. The predicted molar refractivity (Wildman–Crippen MR) is 71.4 cm³/mol. The molecule has 3 nitrogen and oxygen atoms in total. The summed E-state index contributed by atoms with van der Waals surface area (Å²) in [6.45, 7) is 2.35. The minimum Gasteiger partial charge on any atom is -0.504 e. The van der Waals surface area contributed by atoms with Gasteiger partial charge in [0.2, 0.25) is 0 Å². The van der Waals surface area contributed by atoms with Gasteiger partial charge in [0.15, 0.2) is 11.5 Å². The summed E-state index contributed by atoms with van der Waals surface area (Å²) < 4.78 is 13.6. The number of nitrogens with one attached hydrogen (secondary N) is 1. The summed E-state index contributed by atoms with van der Waals surface area (Å²) >= 11 is 0. The highest BCUT2D eigenvalue weighted by Gasteiger charge is 2.09. The highest BCUT2D eigenvalue weighted by molar-refractivity contribution is 5.40. The molecule has 0 aliphatic rings. The lowest BCUT2D eigenvalue weighted by Gasteiger charge is -2.15. The molecule has 0 bridgehead atoms. The Balaban J connectivity index is 2.02. The van der Waals surface area contributed by atoms with Crippen molar-refractivity contribution in [2.45, 2.75) is 19.5 Å². The Kier molecular flexibility index (Phi) is 4.02. The van der Waals surface area contributed by atoms with Crippen molar-refractivity contribution in [3.63, 3.8) is 0 Å². The first-order valence-electron chi connectivity index (χ1n) is 6.06. The third kappa shape index (κ3) is 3.23. The van der Waals surface area contributed by atoms with Crippen LogP contribution in [0.3, 0.4) is 0 Å². The van der Waals surface area contributed by atoms with Gasteiger partial charge < -0.3 is 15.5 Å². The van der Waals surface area contributed by atoms with Crippen LogP contribution in [0.2, 0.25) is 0 Å². The number of phenolic OH excluding ortho intramolecular Hbond substituents is 2. The Morgan fingerprint density at radius 1 is 1.11 bits per heavy atom. The summed E-state index contributed by atoms with van der Waals surface area (Å²) in [5, 5.41) is 21.8. The van der Waals surface area contributed by atoms with E-state index in [0.717, 1.165) is 5.56 Å². The number of benzene rings is 2. The second-order valence-electron chi connectivity index (χ2n) is 4.45. The molecule has 0 heterocycles. The van der Waals surface area contributed by atoms with Crippen molar-refractivity contribution in [1.29, 1.82) is 0 Å². The van der Waals surface area contributed by atoms with Crippen LogP contribution in [0.5, 0.6) is 11.5 Å². The second kappa shape index (κ2) is 5.71. The van der Waals surface area contributed by atoms with Gasteiger partial charge in [-0.25, -0.2) is 4.39 Å². The maximum atomic E-state index is 13.6. The highest BCUT2D eigenvalue weighted by Crippen LogP contribution is 2.25. The molecule has 19 heavy (non-hydrogen) atoms. The molecule has 3 N–H and O–H groups in total. The molecule has 4 heteroatoms. The van der Waals surface area contributed by atoms with E-state index in [4.69, 9.17) is 0 Å². The van der Waals surface area contributed by atoms with Gasteiger partial charge in [-0.05, 0) is 30.7 Å². The van der Waals surface area contributed by atoms with E-state index in [1.165, 1.54) is 18.2 Å². The van der Waals surface area contributed by atoms with Crippen LogP contribution >= 0.6 is 0 Å². The van der Waals surface area contributed by atoms with E-state index in [2.05, 4.69) is 5.32 Å². The highest BCUT2D eigenvalue weighted by atomic mass is 19.1. The topological polar surface area (TPSA) is 52.5 Å². The molecule has 0 fully saturated rings. The summed E-state index contributed by atoms with van der Waals surface area (Å²) in [5.74, 6) is -0.542. The van der Waals surface area contributed by atoms with E-state index in [-0.39, 0.29) is 23.4 Å². The maximum Gasteiger partial charge on any atom is 0.157 e. The van der Waals surface area contributed by atoms with Gasteiger partial charge in [-0.1, -0.05) is 24.3 Å². The maximum absolute atomic E-state index is 13.6. The summed E-state index contributed by atoms with van der Waals surface area (Å²) in [5.41, 5.74) is 1.42. The lowest BCUT2D eigenvalue weighted by atomic mass is 10.1. The Morgan fingerprint density at radius 2 is 1.84 bits per heavy atom. The van der Waals surface area contributed by atoms with Gasteiger partial charge >= 0.3 is 0 Å². The van der Waals surface area contributed by atoms with E-state index >= 15 is 0 Å². The first kappa shape index (κ1) is 13.4. The van der Waals surface area contributed by atoms with Crippen LogP contribution in [0.4, 0.5) is 4.39 Å². The molecule has 2 rings (SSSR count). The lowest BCUT2D eigenvalue weighted by Crippen LogP contribution is -2.19. The fraction of sp³-hybridized carbons (Fsp3) is 0.200. The van der Waals surface area contributed by atoms with E-state index in [9.17, 15) is 14.6 Å². The third-order valence-corrected chi connectivity index (χ3v) is 3.02. The minimum atomic E-state index is -0.240. The van der Waals surface area contributed by atoms with Gasteiger partial charge in [0, 0.05) is 18.2 Å². The number of hydrogen-bond acceptors (Lipinski definition) is 3. The van der Waals surface area contributed by atoms with Crippen LogP contribution in [0.25, 0.3) is 0 Å². The van der Waals surface area contributed by atoms with Gasteiger partial charge in [0.05, 0.1) is 0 Å². The van der Waals surface area contributed by atoms with Crippen LogP contribution in [-0.2, 0) is 6.54 Å². The van der Waals surface area contributed by atoms with Crippen molar-refractivity contribution in [2.75, 3.05) is 0 Å². The Hall–Kier alpha value is -2.07. The van der Waals surface area contributed by atoms with Gasteiger partial charge in [-0.3, -0.25) is 0 Å². The number of halogens is 1. The zero-order chi connectivity index (χ0) is 13.8. The number of hydrogen-bond donors (Lipinski definition) is 3. The van der Waals surface area contributed by atoms with Crippen LogP contribution in [0.15, 0.2) is 42.5 Å². The fourth-order valence-corrected chi connectivity index (χ4v) is 1.89. The van der Waals surface area contributed by atoms with Crippen molar-refractivity contribution >= 4 is 0 Å². The predicted octanol–water partition coefficient (Wildman–Crippen LogP) is 3.09. The molecule has 0 amide bonds. The van der Waals surface area contributed by atoms with Crippen LogP contribution in [0, 0.1) is 5.82 Å². The van der Waals surface area contributed by atoms with E-state index < -0.39 is 0 Å². The number of phenols is 2. The molecule has 0 aliphatic carbocycles. The zero-order valence-corrected chi connectivity index (χ0v) is 10.6. The smallest absolute Gasteiger partial charge is 0.157 e. The molecule has 0 aliphatic heterocycles. The van der Waals surface area contributed by atoms with E-state index in [1.54, 1.807) is 24.3 Å². The molecular formula is C15H16FNO2. The van der Waals surface area contributed by atoms with Crippen LogP contribution < -0.4 is 5.32 Å². The van der Waals surface area contributed by atoms with Crippen molar-refractivity contribution in [1.82, 2.24) is 5.32 Å². The van der Waals surface area contributed by atoms with Crippen LogP contribution in [0.1, 0.15) is 24.1 Å². The lowest BCUT2D eigenvalue weighted by molar-refractivity contribution is 0.402. The summed E-state index contributed by atoms with van der Waals surface area (Å²) in [6.07, 6.45) is 0. The monoisotopic (exact) mass is 261 g/mol. The average molecular weight is 261 g/mol. The average Bonchev–Trinajstić information content (AvgIpc) is 2.40. The first-order valence-corrected chi connectivity index (χ1v) is 6.06. The van der Waals surface area contributed by atoms with Gasteiger partial charge in [-0.15, -0.1) is 0 Å².